The molecular formula is C21H34N4O2. The molecule has 2 saturated heterocycles. The molecule has 0 bridgehead atoms. The molecule has 1 aromatic carbocycles. The lowest BCUT2D eigenvalue weighted by molar-refractivity contribution is 0.0189. The Labute approximate surface area is 163 Å². The average Bonchev–Trinajstić information content (AvgIpc) is 3.19. The van der Waals surface area contributed by atoms with Gasteiger partial charge in [0.05, 0.1) is 19.3 Å². The summed E-state index contributed by atoms with van der Waals surface area (Å²) < 4.78 is 11.3. The van der Waals surface area contributed by atoms with Crippen LogP contribution in [-0.4, -0.2) is 81.5 Å². The number of nitrogens with one attached hydrogen (secondary N) is 1. The number of ether oxygens (including phenoxy) is 2. The number of piperazine rings is 1. The van der Waals surface area contributed by atoms with Gasteiger partial charge >= 0.3 is 0 Å². The van der Waals surface area contributed by atoms with Gasteiger partial charge in [-0.2, -0.15) is 0 Å². The number of rotatable bonds is 7. The second-order valence-electron chi connectivity index (χ2n) is 7.44. The molecule has 0 aromatic heterocycles. The predicted molar refractivity (Wildman–Crippen MR) is 109 cm³/mol. The van der Waals surface area contributed by atoms with Gasteiger partial charge in [0.15, 0.2) is 5.96 Å². The third-order valence-electron chi connectivity index (χ3n) is 5.23. The van der Waals surface area contributed by atoms with Crippen molar-refractivity contribution in [3.05, 3.63) is 35.4 Å². The molecule has 1 atom stereocenters. The van der Waals surface area contributed by atoms with Crippen molar-refractivity contribution in [3.8, 4) is 0 Å². The number of aliphatic imine (C=N–C) groups is 1. The van der Waals surface area contributed by atoms with Crippen LogP contribution in [0.5, 0.6) is 0 Å². The zero-order valence-corrected chi connectivity index (χ0v) is 16.8. The van der Waals surface area contributed by atoms with Gasteiger partial charge in [-0.3, -0.25) is 9.89 Å². The van der Waals surface area contributed by atoms with Gasteiger partial charge in [-0.1, -0.05) is 29.8 Å². The van der Waals surface area contributed by atoms with Crippen molar-refractivity contribution in [1.82, 2.24) is 15.1 Å². The van der Waals surface area contributed by atoms with Gasteiger partial charge in [-0.15, -0.1) is 0 Å². The van der Waals surface area contributed by atoms with Gasteiger partial charge < -0.3 is 19.7 Å². The Kier molecular flexibility index (Phi) is 7.93. The van der Waals surface area contributed by atoms with E-state index in [9.17, 15) is 0 Å². The first-order chi connectivity index (χ1) is 13.2. The van der Waals surface area contributed by atoms with Crippen molar-refractivity contribution in [2.24, 2.45) is 4.99 Å². The third-order valence-corrected chi connectivity index (χ3v) is 5.23. The van der Waals surface area contributed by atoms with Gasteiger partial charge in [0.1, 0.15) is 0 Å². The highest BCUT2D eigenvalue weighted by Crippen LogP contribution is 2.12. The van der Waals surface area contributed by atoms with Crippen LogP contribution in [0.25, 0.3) is 0 Å². The lowest BCUT2D eigenvalue weighted by atomic mass is 10.1. The van der Waals surface area contributed by atoms with E-state index < -0.39 is 0 Å². The maximum atomic E-state index is 5.72. The molecule has 6 heteroatoms. The summed E-state index contributed by atoms with van der Waals surface area (Å²) >= 11 is 0. The Balaban J connectivity index is 1.33. The molecule has 2 aliphatic rings. The minimum atomic E-state index is 0.297. The highest BCUT2D eigenvalue weighted by atomic mass is 16.5. The van der Waals surface area contributed by atoms with Crippen molar-refractivity contribution < 1.29 is 9.47 Å². The van der Waals surface area contributed by atoms with Crippen molar-refractivity contribution >= 4 is 5.96 Å². The van der Waals surface area contributed by atoms with E-state index in [0.29, 0.717) is 19.3 Å². The molecule has 1 N–H and O–H groups in total. The first kappa shape index (κ1) is 20.1. The van der Waals surface area contributed by atoms with Crippen LogP contribution in [0, 0.1) is 6.92 Å². The van der Waals surface area contributed by atoms with Gasteiger partial charge in [0.25, 0.3) is 0 Å². The largest absolute Gasteiger partial charge is 0.377 e. The Morgan fingerprint density at radius 1 is 1.30 bits per heavy atom. The molecule has 0 amide bonds. The molecule has 0 saturated carbocycles. The van der Waals surface area contributed by atoms with E-state index in [1.807, 2.05) is 7.05 Å². The SMILES string of the molecule is CN=C(NCCOCC1CCCO1)N1CCN(Cc2cccc(C)c2)CC1. The zero-order chi connectivity index (χ0) is 18.9. The molecule has 27 heavy (non-hydrogen) atoms. The Morgan fingerprint density at radius 3 is 2.85 bits per heavy atom. The molecule has 2 fully saturated rings. The second-order valence-corrected chi connectivity index (χ2v) is 7.44. The maximum absolute atomic E-state index is 5.72. The molecule has 0 aliphatic carbocycles. The van der Waals surface area contributed by atoms with E-state index in [-0.39, 0.29) is 0 Å². The highest BCUT2D eigenvalue weighted by Gasteiger charge is 2.19. The van der Waals surface area contributed by atoms with Crippen molar-refractivity contribution in [3.63, 3.8) is 0 Å². The van der Waals surface area contributed by atoms with E-state index in [4.69, 9.17) is 9.47 Å². The van der Waals surface area contributed by atoms with E-state index in [1.54, 1.807) is 0 Å². The minimum absolute atomic E-state index is 0.297. The number of hydrogen-bond acceptors (Lipinski definition) is 4. The summed E-state index contributed by atoms with van der Waals surface area (Å²) in [4.78, 5) is 9.30. The lowest BCUT2D eigenvalue weighted by Gasteiger charge is -2.36. The van der Waals surface area contributed by atoms with Crippen LogP contribution < -0.4 is 5.32 Å². The molecule has 1 aromatic rings. The molecule has 1 unspecified atom stereocenters. The number of benzene rings is 1. The van der Waals surface area contributed by atoms with E-state index in [1.165, 1.54) is 11.1 Å². The van der Waals surface area contributed by atoms with E-state index in [2.05, 4.69) is 51.3 Å². The number of nitrogens with zero attached hydrogens (tertiary/aromatic N) is 3. The van der Waals surface area contributed by atoms with Crippen LogP contribution >= 0.6 is 0 Å². The molecular weight excluding hydrogens is 340 g/mol. The minimum Gasteiger partial charge on any atom is -0.377 e. The lowest BCUT2D eigenvalue weighted by Crippen LogP contribution is -2.52. The van der Waals surface area contributed by atoms with Crippen LogP contribution in [0.15, 0.2) is 29.3 Å². The summed E-state index contributed by atoms with van der Waals surface area (Å²) in [7, 11) is 1.86. The number of aryl methyl sites for hydroxylation is 1. The number of hydrogen-bond donors (Lipinski definition) is 1. The monoisotopic (exact) mass is 374 g/mol. The summed E-state index contributed by atoms with van der Waals surface area (Å²) in [6.07, 6.45) is 2.59. The maximum Gasteiger partial charge on any atom is 0.193 e. The van der Waals surface area contributed by atoms with Gasteiger partial charge in [-0.25, -0.2) is 0 Å². The summed E-state index contributed by atoms with van der Waals surface area (Å²) in [5.74, 6) is 0.978. The van der Waals surface area contributed by atoms with Crippen molar-refractivity contribution in [2.45, 2.75) is 32.4 Å². The summed E-state index contributed by atoms with van der Waals surface area (Å²) in [5, 5.41) is 3.43. The van der Waals surface area contributed by atoms with Crippen molar-refractivity contribution in [1.29, 1.82) is 0 Å². The first-order valence-corrected chi connectivity index (χ1v) is 10.2. The topological polar surface area (TPSA) is 49.3 Å². The molecule has 150 valence electrons. The summed E-state index contributed by atoms with van der Waals surface area (Å²) in [6, 6.07) is 8.80. The number of guanidine groups is 1. The standard InChI is InChI=1S/C21H34N4O2/c1-18-5-3-6-19(15-18)16-24-9-11-25(12-10-24)21(22-2)23-8-14-26-17-20-7-4-13-27-20/h3,5-6,15,20H,4,7-14,16-17H2,1-2H3,(H,22,23). The van der Waals surface area contributed by atoms with Crippen LogP contribution in [0.1, 0.15) is 24.0 Å². The Bertz CT molecular complexity index is 594. The summed E-state index contributed by atoms with van der Waals surface area (Å²) in [5.41, 5.74) is 2.73. The Hall–Kier alpha value is -1.63. The molecule has 0 spiro atoms. The van der Waals surface area contributed by atoms with Crippen LogP contribution in [0.2, 0.25) is 0 Å². The third kappa shape index (κ3) is 6.48. The predicted octanol–water partition coefficient (Wildman–Crippen LogP) is 1.88. The average molecular weight is 375 g/mol. The van der Waals surface area contributed by atoms with Gasteiger partial charge in [0, 0.05) is 52.9 Å². The fourth-order valence-electron chi connectivity index (χ4n) is 3.74. The molecule has 6 nitrogen and oxygen atoms in total. The van der Waals surface area contributed by atoms with Crippen LogP contribution in [-0.2, 0) is 16.0 Å². The van der Waals surface area contributed by atoms with Gasteiger partial charge in [-0.05, 0) is 25.3 Å². The van der Waals surface area contributed by atoms with Crippen LogP contribution in [0.4, 0.5) is 0 Å². The molecule has 3 rings (SSSR count). The fourth-order valence-corrected chi connectivity index (χ4v) is 3.74. The Morgan fingerprint density at radius 2 is 2.15 bits per heavy atom. The zero-order valence-electron chi connectivity index (χ0n) is 16.8. The fraction of sp³-hybridized carbons (Fsp3) is 0.667. The second kappa shape index (κ2) is 10.6. The molecule has 2 heterocycles. The quantitative estimate of drug-likeness (QED) is 0.449. The first-order valence-electron chi connectivity index (χ1n) is 10.2. The van der Waals surface area contributed by atoms with Gasteiger partial charge in [0.2, 0.25) is 0 Å². The highest BCUT2D eigenvalue weighted by molar-refractivity contribution is 5.79. The smallest absolute Gasteiger partial charge is 0.193 e. The molecule has 0 radical (unpaired) electrons. The van der Waals surface area contributed by atoms with Crippen LogP contribution in [0.3, 0.4) is 0 Å². The van der Waals surface area contributed by atoms with Crippen molar-refractivity contribution in [2.75, 3.05) is 59.6 Å². The van der Waals surface area contributed by atoms with E-state index >= 15 is 0 Å². The molecule has 2 aliphatic heterocycles. The van der Waals surface area contributed by atoms with E-state index in [0.717, 1.165) is 64.7 Å². The summed E-state index contributed by atoms with van der Waals surface area (Å²) in [6.45, 7) is 10.4. The normalized spacial score (nSPS) is 21.6.